The average Bonchev–Trinajstić information content (AvgIpc) is 2.29. The highest BCUT2D eigenvalue weighted by molar-refractivity contribution is 6.31. The fourth-order valence-electron chi connectivity index (χ4n) is 1.12. The number of hydrogen-bond donors (Lipinski definition) is 2. The summed E-state index contributed by atoms with van der Waals surface area (Å²) in [6.07, 6.45) is -6.52. The SMILES string of the molecule is CC(OCC(=O)Nc1cc(Cl)ccc1N)C(F)(F)F. The first-order valence-electron chi connectivity index (χ1n) is 5.23. The fourth-order valence-corrected chi connectivity index (χ4v) is 1.29. The van der Waals surface area contributed by atoms with Crippen LogP contribution in [0.3, 0.4) is 0 Å². The van der Waals surface area contributed by atoms with Crippen molar-refractivity contribution in [1.82, 2.24) is 0 Å². The molecule has 1 aromatic carbocycles. The molecule has 106 valence electrons. The van der Waals surface area contributed by atoms with Crippen LogP contribution in [-0.2, 0) is 9.53 Å². The van der Waals surface area contributed by atoms with Crippen LogP contribution in [0, 0.1) is 0 Å². The number of benzene rings is 1. The van der Waals surface area contributed by atoms with Gasteiger partial charge in [0.15, 0.2) is 6.10 Å². The van der Waals surface area contributed by atoms with Gasteiger partial charge in [0.1, 0.15) is 6.61 Å². The summed E-state index contributed by atoms with van der Waals surface area (Å²) in [4.78, 5) is 11.4. The van der Waals surface area contributed by atoms with Crippen LogP contribution in [0.25, 0.3) is 0 Å². The molecule has 0 aliphatic rings. The lowest BCUT2D eigenvalue weighted by atomic mass is 10.2. The summed E-state index contributed by atoms with van der Waals surface area (Å²) in [6.45, 7) is 0.0909. The standard InChI is InChI=1S/C11H12ClF3N2O2/c1-6(11(13,14)15)19-5-10(18)17-9-4-7(12)2-3-8(9)16/h2-4,6H,5,16H2,1H3,(H,17,18). The van der Waals surface area contributed by atoms with Crippen LogP contribution in [0.15, 0.2) is 18.2 Å². The van der Waals surface area contributed by atoms with E-state index in [0.717, 1.165) is 6.92 Å². The second-order valence-electron chi connectivity index (χ2n) is 3.77. The number of amides is 1. The van der Waals surface area contributed by atoms with Gasteiger partial charge in [0.2, 0.25) is 5.91 Å². The minimum Gasteiger partial charge on any atom is -0.397 e. The monoisotopic (exact) mass is 296 g/mol. The number of anilines is 2. The van der Waals surface area contributed by atoms with Crippen LogP contribution in [0.1, 0.15) is 6.92 Å². The minimum absolute atomic E-state index is 0.223. The zero-order valence-corrected chi connectivity index (χ0v) is 10.7. The molecule has 0 aromatic heterocycles. The first-order chi connectivity index (χ1) is 8.70. The molecule has 1 atom stereocenters. The highest BCUT2D eigenvalue weighted by Gasteiger charge is 2.37. The summed E-state index contributed by atoms with van der Waals surface area (Å²) in [5.74, 6) is -0.745. The van der Waals surface area contributed by atoms with Gasteiger partial charge in [-0.3, -0.25) is 4.79 Å². The van der Waals surface area contributed by atoms with Crippen LogP contribution >= 0.6 is 11.6 Å². The van der Waals surface area contributed by atoms with Crippen molar-refractivity contribution in [2.45, 2.75) is 19.2 Å². The maximum Gasteiger partial charge on any atom is 0.414 e. The predicted octanol–water partition coefficient (Wildman–Crippen LogP) is 2.83. The molecular formula is C11H12ClF3N2O2. The summed E-state index contributed by atoms with van der Waals surface area (Å²) >= 11 is 5.70. The van der Waals surface area contributed by atoms with E-state index in [-0.39, 0.29) is 11.4 Å². The van der Waals surface area contributed by atoms with E-state index < -0.39 is 24.8 Å². The number of nitrogens with one attached hydrogen (secondary N) is 1. The lowest BCUT2D eigenvalue weighted by Gasteiger charge is -2.16. The number of hydrogen-bond acceptors (Lipinski definition) is 3. The molecule has 1 aromatic rings. The molecule has 3 N–H and O–H groups in total. The number of ether oxygens (including phenoxy) is 1. The molecule has 19 heavy (non-hydrogen) atoms. The minimum atomic E-state index is -4.50. The third kappa shape index (κ3) is 4.96. The van der Waals surface area contributed by atoms with Crippen molar-refractivity contribution in [3.05, 3.63) is 23.2 Å². The van der Waals surface area contributed by atoms with Crippen molar-refractivity contribution in [1.29, 1.82) is 0 Å². The zero-order valence-electron chi connectivity index (χ0n) is 9.92. The smallest absolute Gasteiger partial charge is 0.397 e. The number of carbonyl (C=O) groups excluding carboxylic acids is 1. The molecule has 0 aliphatic carbocycles. The molecule has 0 heterocycles. The molecule has 1 amide bonds. The Hall–Kier alpha value is -1.47. The molecule has 4 nitrogen and oxygen atoms in total. The number of nitrogens with two attached hydrogens (primary N) is 1. The van der Waals surface area contributed by atoms with Crippen LogP contribution in [0.4, 0.5) is 24.5 Å². The van der Waals surface area contributed by atoms with Gasteiger partial charge in [-0.1, -0.05) is 11.6 Å². The van der Waals surface area contributed by atoms with Crippen LogP contribution in [-0.4, -0.2) is 24.8 Å². The van der Waals surface area contributed by atoms with Crippen molar-refractivity contribution >= 4 is 28.9 Å². The van der Waals surface area contributed by atoms with Gasteiger partial charge in [0.05, 0.1) is 11.4 Å². The molecule has 0 spiro atoms. The van der Waals surface area contributed by atoms with Gasteiger partial charge in [-0.2, -0.15) is 13.2 Å². The second kappa shape index (κ2) is 6.12. The van der Waals surface area contributed by atoms with Gasteiger partial charge in [0, 0.05) is 5.02 Å². The van der Waals surface area contributed by atoms with Gasteiger partial charge in [0.25, 0.3) is 0 Å². The van der Waals surface area contributed by atoms with Crippen molar-refractivity contribution in [3.8, 4) is 0 Å². The third-order valence-electron chi connectivity index (χ3n) is 2.21. The predicted molar refractivity (Wildman–Crippen MR) is 66.0 cm³/mol. The summed E-state index contributed by atoms with van der Waals surface area (Å²) in [6, 6.07) is 4.38. The van der Waals surface area contributed by atoms with E-state index in [1.165, 1.54) is 18.2 Å². The number of nitrogen functional groups attached to an aromatic ring is 1. The summed E-state index contributed by atoms with van der Waals surface area (Å²) in [5.41, 5.74) is 6.04. The van der Waals surface area contributed by atoms with Crippen molar-refractivity contribution < 1.29 is 22.7 Å². The number of alkyl halides is 3. The Morgan fingerprint density at radius 1 is 1.53 bits per heavy atom. The highest BCUT2D eigenvalue weighted by atomic mass is 35.5. The van der Waals surface area contributed by atoms with E-state index in [1.54, 1.807) is 0 Å². The molecule has 1 unspecified atom stereocenters. The van der Waals surface area contributed by atoms with Gasteiger partial charge in [-0.05, 0) is 25.1 Å². The number of carbonyl (C=O) groups is 1. The number of rotatable bonds is 4. The summed E-state index contributed by atoms with van der Waals surface area (Å²) < 4.78 is 40.8. The zero-order chi connectivity index (χ0) is 14.6. The Bertz CT molecular complexity index is 466. The van der Waals surface area contributed by atoms with E-state index in [0.29, 0.717) is 5.02 Å². The third-order valence-corrected chi connectivity index (χ3v) is 2.45. The lowest BCUT2D eigenvalue weighted by Crippen LogP contribution is -2.32. The largest absolute Gasteiger partial charge is 0.414 e. The molecule has 0 bridgehead atoms. The second-order valence-corrected chi connectivity index (χ2v) is 4.21. The quantitative estimate of drug-likeness (QED) is 0.840. The topological polar surface area (TPSA) is 64.3 Å². The Labute approximate surface area is 112 Å². The molecule has 0 aliphatic heterocycles. The van der Waals surface area contributed by atoms with Crippen LogP contribution < -0.4 is 11.1 Å². The van der Waals surface area contributed by atoms with E-state index in [9.17, 15) is 18.0 Å². The molecular weight excluding hydrogens is 285 g/mol. The average molecular weight is 297 g/mol. The van der Waals surface area contributed by atoms with Gasteiger partial charge >= 0.3 is 6.18 Å². The maximum absolute atomic E-state index is 12.1. The van der Waals surface area contributed by atoms with Crippen molar-refractivity contribution in [2.75, 3.05) is 17.7 Å². The summed E-state index contributed by atoms with van der Waals surface area (Å²) in [5, 5.41) is 2.66. The Balaban J connectivity index is 2.54. The Kier molecular flexibility index (Phi) is 5.02. The van der Waals surface area contributed by atoms with Gasteiger partial charge < -0.3 is 15.8 Å². The lowest BCUT2D eigenvalue weighted by molar-refractivity contribution is -0.213. The molecule has 8 heteroatoms. The van der Waals surface area contributed by atoms with Crippen molar-refractivity contribution in [3.63, 3.8) is 0 Å². The van der Waals surface area contributed by atoms with E-state index >= 15 is 0 Å². The maximum atomic E-state index is 12.1. The molecule has 1 rings (SSSR count). The highest BCUT2D eigenvalue weighted by Crippen LogP contribution is 2.24. The van der Waals surface area contributed by atoms with Crippen molar-refractivity contribution in [2.24, 2.45) is 0 Å². The first-order valence-corrected chi connectivity index (χ1v) is 5.61. The normalized spacial score (nSPS) is 13.1. The molecule has 0 radical (unpaired) electrons. The first kappa shape index (κ1) is 15.6. The van der Waals surface area contributed by atoms with E-state index in [1.807, 2.05) is 0 Å². The molecule has 0 saturated heterocycles. The molecule has 0 fully saturated rings. The molecule has 0 saturated carbocycles. The Morgan fingerprint density at radius 3 is 2.74 bits per heavy atom. The van der Waals surface area contributed by atoms with Crippen LogP contribution in [0.5, 0.6) is 0 Å². The van der Waals surface area contributed by atoms with E-state index in [2.05, 4.69) is 10.1 Å². The van der Waals surface area contributed by atoms with Crippen LogP contribution in [0.2, 0.25) is 5.02 Å². The van der Waals surface area contributed by atoms with Gasteiger partial charge in [-0.15, -0.1) is 0 Å². The summed E-state index contributed by atoms with van der Waals surface area (Å²) in [7, 11) is 0. The Morgan fingerprint density at radius 2 is 2.16 bits per heavy atom. The van der Waals surface area contributed by atoms with Gasteiger partial charge in [-0.25, -0.2) is 0 Å². The van der Waals surface area contributed by atoms with E-state index in [4.69, 9.17) is 17.3 Å². The number of halogens is 4. The fraction of sp³-hybridized carbons (Fsp3) is 0.364.